The molecular weight excluding hydrogens is 280 g/mol. The molecular formula is C13H16N2O4S. The third kappa shape index (κ3) is 5.73. The van der Waals surface area contributed by atoms with E-state index in [1.165, 1.54) is 7.11 Å². The number of carbonyl (C=O) groups is 1. The van der Waals surface area contributed by atoms with Gasteiger partial charge in [0.2, 0.25) is 10.0 Å². The first kappa shape index (κ1) is 16.0. The van der Waals surface area contributed by atoms with Crippen LogP contribution in [0.5, 0.6) is 0 Å². The number of benzene rings is 1. The van der Waals surface area contributed by atoms with E-state index in [0.717, 1.165) is 0 Å². The van der Waals surface area contributed by atoms with Gasteiger partial charge in [-0.05, 0) is 18.2 Å². The molecule has 0 radical (unpaired) electrons. The fourth-order valence-corrected chi connectivity index (χ4v) is 2.39. The van der Waals surface area contributed by atoms with Crippen LogP contribution in [0.2, 0.25) is 0 Å². The van der Waals surface area contributed by atoms with Gasteiger partial charge in [-0.3, -0.25) is 9.52 Å². The van der Waals surface area contributed by atoms with Crippen LogP contribution in [0.3, 0.4) is 0 Å². The summed E-state index contributed by atoms with van der Waals surface area (Å²) in [6.07, 6.45) is -0.196. The quantitative estimate of drug-likeness (QED) is 0.601. The van der Waals surface area contributed by atoms with Gasteiger partial charge in [0.05, 0.1) is 25.8 Å². The van der Waals surface area contributed by atoms with Crippen molar-refractivity contribution >= 4 is 21.7 Å². The number of esters is 1. The van der Waals surface area contributed by atoms with Crippen molar-refractivity contribution in [3.05, 3.63) is 29.8 Å². The molecule has 0 amide bonds. The van der Waals surface area contributed by atoms with Gasteiger partial charge in [0.1, 0.15) is 0 Å². The molecule has 0 fully saturated rings. The number of ether oxygens (including phenoxy) is 1. The molecule has 20 heavy (non-hydrogen) atoms. The molecule has 0 aromatic heterocycles. The van der Waals surface area contributed by atoms with E-state index in [0.29, 0.717) is 11.3 Å². The third-order valence-electron chi connectivity index (χ3n) is 2.27. The molecule has 0 aliphatic rings. The molecule has 0 unspecified atom stereocenters. The van der Waals surface area contributed by atoms with Crippen LogP contribution < -0.4 is 10.5 Å². The van der Waals surface area contributed by atoms with E-state index in [4.69, 9.17) is 5.73 Å². The molecule has 0 bridgehead atoms. The molecule has 108 valence electrons. The minimum absolute atomic E-state index is 0.196. The van der Waals surface area contributed by atoms with Gasteiger partial charge in [0.15, 0.2) is 0 Å². The van der Waals surface area contributed by atoms with Crippen molar-refractivity contribution in [3.8, 4) is 11.8 Å². The Hall–Kier alpha value is -2.04. The Morgan fingerprint density at radius 3 is 2.85 bits per heavy atom. The average Bonchev–Trinajstić information content (AvgIpc) is 2.42. The summed E-state index contributed by atoms with van der Waals surface area (Å²) in [4.78, 5) is 10.9. The van der Waals surface area contributed by atoms with E-state index in [-0.39, 0.29) is 18.7 Å². The fourth-order valence-electron chi connectivity index (χ4n) is 1.36. The fraction of sp³-hybridized carbons (Fsp3) is 0.308. The Bertz CT molecular complexity index is 629. The maximum atomic E-state index is 11.8. The van der Waals surface area contributed by atoms with Crippen molar-refractivity contribution in [3.63, 3.8) is 0 Å². The minimum Gasteiger partial charge on any atom is -0.469 e. The monoisotopic (exact) mass is 296 g/mol. The van der Waals surface area contributed by atoms with E-state index in [1.807, 2.05) is 0 Å². The van der Waals surface area contributed by atoms with Crippen LogP contribution in [0.4, 0.5) is 5.69 Å². The molecule has 0 saturated heterocycles. The first-order chi connectivity index (χ1) is 9.46. The van der Waals surface area contributed by atoms with Gasteiger partial charge < -0.3 is 10.5 Å². The SMILES string of the molecule is COC(=O)CCS(=O)(=O)Nc1cccc(C#CCN)c1. The number of sulfonamides is 1. The molecule has 7 heteroatoms. The molecule has 0 aliphatic carbocycles. The highest BCUT2D eigenvalue weighted by atomic mass is 32.2. The van der Waals surface area contributed by atoms with E-state index in [9.17, 15) is 13.2 Å². The lowest BCUT2D eigenvalue weighted by molar-refractivity contribution is -0.140. The van der Waals surface area contributed by atoms with Gasteiger partial charge in [-0.15, -0.1) is 0 Å². The van der Waals surface area contributed by atoms with Crippen LogP contribution in [0, 0.1) is 11.8 Å². The van der Waals surface area contributed by atoms with Crippen LogP contribution in [0.25, 0.3) is 0 Å². The maximum Gasteiger partial charge on any atom is 0.306 e. The zero-order valence-electron chi connectivity index (χ0n) is 11.0. The van der Waals surface area contributed by atoms with Crippen LogP contribution in [-0.4, -0.2) is 33.8 Å². The predicted octanol–water partition coefficient (Wildman–Crippen LogP) is 0.302. The molecule has 6 nitrogen and oxygen atoms in total. The summed E-state index contributed by atoms with van der Waals surface area (Å²) in [5.41, 5.74) is 6.31. The molecule has 3 N–H and O–H groups in total. The van der Waals surface area contributed by atoms with Crippen LogP contribution >= 0.6 is 0 Å². The topological polar surface area (TPSA) is 98.5 Å². The first-order valence-corrected chi connectivity index (χ1v) is 7.48. The molecule has 1 rings (SSSR count). The lowest BCUT2D eigenvalue weighted by Gasteiger charge is -2.07. The minimum atomic E-state index is -3.60. The van der Waals surface area contributed by atoms with Gasteiger partial charge in [-0.25, -0.2) is 8.42 Å². The smallest absolute Gasteiger partial charge is 0.306 e. The first-order valence-electron chi connectivity index (χ1n) is 5.83. The lowest BCUT2D eigenvalue weighted by atomic mass is 10.2. The Kier molecular flexibility index (Phi) is 6.03. The number of nitrogens with one attached hydrogen (secondary N) is 1. The van der Waals surface area contributed by atoms with Gasteiger partial charge in [-0.2, -0.15) is 0 Å². The average molecular weight is 296 g/mol. The second-order valence-electron chi connectivity index (χ2n) is 3.83. The van der Waals surface area contributed by atoms with Gasteiger partial charge >= 0.3 is 5.97 Å². The van der Waals surface area contributed by atoms with Crippen LogP contribution in [0.15, 0.2) is 24.3 Å². The van der Waals surface area contributed by atoms with Crippen LogP contribution in [-0.2, 0) is 19.6 Å². The third-order valence-corrected chi connectivity index (χ3v) is 3.56. The molecule has 0 saturated carbocycles. The molecule has 1 aromatic carbocycles. The summed E-state index contributed by atoms with van der Waals surface area (Å²) in [6.45, 7) is 0.231. The molecule has 0 atom stereocenters. The van der Waals surface area contributed by atoms with E-state index in [2.05, 4.69) is 21.3 Å². The number of nitrogens with two attached hydrogens (primary N) is 1. The normalized spacial score (nSPS) is 10.3. The number of anilines is 1. The van der Waals surface area contributed by atoms with E-state index < -0.39 is 16.0 Å². The van der Waals surface area contributed by atoms with Crippen molar-refractivity contribution in [1.29, 1.82) is 0 Å². The number of methoxy groups -OCH3 is 1. The highest BCUT2D eigenvalue weighted by molar-refractivity contribution is 7.92. The van der Waals surface area contributed by atoms with Crippen LogP contribution in [0.1, 0.15) is 12.0 Å². The van der Waals surface area contributed by atoms with Crippen molar-refractivity contribution in [2.24, 2.45) is 5.73 Å². The summed E-state index contributed by atoms with van der Waals surface area (Å²) in [6, 6.07) is 6.62. The van der Waals surface area contributed by atoms with Gasteiger partial charge in [0, 0.05) is 11.3 Å². The molecule has 1 aromatic rings. The second kappa shape index (κ2) is 7.53. The summed E-state index contributed by atoms with van der Waals surface area (Å²) >= 11 is 0. The van der Waals surface area contributed by atoms with E-state index in [1.54, 1.807) is 24.3 Å². The molecule has 0 aliphatic heterocycles. The van der Waals surface area contributed by atoms with Crippen molar-refractivity contribution in [2.45, 2.75) is 6.42 Å². The highest BCUT2D eigenvalue weighted by Gasteiger charge is 2.13. The summed E-state index contributed by atoms with van der Waals surface area (Å²) < 4.78 is 30.3. The Morgan fingerprint density at radius 2 is 2.20 bits per heavy atom. The molecule has 0 heterocycles. The predicted molar refractivity (Wildman–Crippen MR) is 76.4 cm³/mol. The summed E-state index contributed by atoms with van der Waals surface area (Å²) in [5.74, 6) is 4.58. The van der Waals surface area contributed by atoms with Gasteiger partial charge in [-0.1, -0.05) is 17.9 Å². The van der Waals surface area contributed by atoms with Crippen molar-refractivity contribution in [2.75, 3.05) is 24.1 Å². The maximum absolute atomic E-state index is 11.8. The zero-order valence-corrected chi connectivity index (χ0v) is 11.9. The highest BCUT2D eigenvalue weighted by Crippen LogP contribution is 2.12. The zero-order chi connectivity index (χ0) is 15.0. The van der Waals surface area contributed by atoms with Crippen molar-refractivity contribution < 1.29 is 17.9 Å². The number of rotatable bonds is 5. The van der Waals surface area contributed by atoms with Gasteiger partial charge in [0.25, 0.3) is 0 Å². The Balaban J connectivity index is 2.74. The number of hydrogen-bond acceptors (Lipinski definition) is 5. The van der Waals surface area contributed by atoms with E-state index >= 15 is 0 Å². The second-order valence-corrected chi connectivity index (χ2v) is 5.68. The summed E-state index contributed by atoms with van der Waals surface area (Å²) in [7, 11) is -2.39. The summed E-state index contributed by atoms with van der Waals surface area (Å²) in [5, 5.41) is 0. The Labute approximate surface area is 118 Å². The lowest BCUT2D eigenvalue weighted by Crippen LogP contribution is -2.19. The standard InChI is InChI=1S/C13H16N2O4S/c1-19-13(16)7-9-20(17,18)15-12-6-2-4-11(10-12)5-3-8-14/h2,4,6,10,15H,7-9,14H2,1H3. The number of hydrogen-bond donors (Lipinski definition) is 2. The largest absolute Gasteiger partial charge is 0.469 e. The Morgan fingerprint density at radius 1 is 1.45 bits per heavy atom. The molecule has 0 spiro atoms. The number of carbonyl (C=O) groups excluding carboxylic acids is 1. The van der Waals surface area contributed by atoms with Crippen molar-refractivity contribution in [1.82, 2.24) is 0 Å².